The minimum Gasteiger partial charge on any atom is -0.495 e. The Morgan fingerprint density at radius 3 is 2.50 bits per heavy atom. The number of hydrogen-bond donors (Lipinski definition) is 1. The van der Waals surface area contributed by atoms with E-state index >= 15 is 0 Å². The molecular weight excluding hydrogens is 376 g/mol. The highest BCUT2D eigenvalue weighted by Crippen LogP contribution is 2.42. The number of rotatable bonds is 4. The standard InChI is InChI=1S/C21H22N2O4S/c1-23-18-12-11-15(13-16(18)20(21(23)24)14-7-3-4-8-14)28(25,26)22-17-9-5-6-10-19(17)27-2/h5-6,9-13,22H,3-4,7-8H2,1-2H3. The Labute approximate surface area is 164 Å². The molecular formula is C21H22N2O4S. The van der Waals surface area contributed by atoms with Crippen molar-refractivity contribution in [2.75, 3.05) is 23.8 Å². The van der Waals surface area contributed by atoms with E-state index < -0.39 is 10.0 Å². The zero-order chi connectivity index (χ0) is 19.9. The lowest BCUT2D eigenvalue weighted by Crippen LogP contribution is -2.20. The van der Waals surface area contributed by atoms with Gasteiger partial charge in [-0.2, -0.15) is 0 Å². The molecule has 0 unspecified atom stereocenters. The third kappa shape index (κ3) is 3.05. The first kappa shape index (κ1) is 18.6. The van der Waals surface area contributed by atoms with Crippen LogP contribution in [0.3, 0.4) is 0 Å². The van der Waals surface area contributed by atoms with Crippen molar-refractivity contribution in [1.29, 1.82) is 0 Å². The number of ether oxygens (including phenoxy) is 1. The molecule has 0 radical (unpaired) electrons. The van der Waals surface area contributed by atoms with Crippen molar-refractivity contribution in [3.8, 4) is 5.75 Å². The van der Waals surface area contributed by atoms with Crippen LogP contribution in [0.25, 0.3) is 5.57 Å². The second-order valence-corrected chi connectivity index (χ2v) is 8.72. The normalized spacial score (nSPS) is 16.5. The first-order valence-corrected chi connectivity index (χ1v) is 10.7. The molecule has 1 N–H and O–H groups in total. The monoisotopic (exact) mass is 398 g/mol. The summed E-state index contributed by atoms with van der Waals surface area (Å²) in [7, 11) is -0.615. The number of hydrogen-bond acceptors (Lipinski definition) is 4. The number of likely N-dealkylation sites (N-methyl/N-ethyl adjacent to an activating group) is 1. The van der Waals surface area contributed by atoms with E-state index in [0.29, 0.717) is 22.6 Å². The number of anilines is 2. The van der Waals surface area contributed by atoms with Gasteiger partial charge in [0.15, 0.2) is 0 Å². The van der Waals surface area contributed by atoms with Gasteiger partial charge in [0.05, 0.1) is 23.4 Å². The largest absolute Gasteiger partial charge is 0.495 e. The van der Waals surface area contributed by atoms with Crippen molar-refractivity contribution in [1.82, 2.24) is 0 Å². The SMILES string of the molecule is COc1ccccc1NS(=O)(=O)c1ccc2c(c1)C(=C1CCCC1)C(=O)N2C. The van der Waals surface area contributed by atoms with Gasteiger partial charge in [-0.15, -0.1) is 0 Å². The Balaban J connectivity index is 1.77. The fourth-order valence-corrected chi connectivity index (χ4v) is 4.99. The lowest BCUT2D eigenvalue weighted by molar-refractivity contribution is -0.112. The fourth-order valence-electron chi connectivity index (χ4n) is 3.89. The summed E-state index contributed by atoms with van der Waals surface area (Å²) in [6, 6.07) is 11.7. The van der Waals surface area contributed by atoms with Crippen molar-refractivity contribution >= 4 is 32.9 Å². The third-order valence-electron chi connectivity index (χ3n) is 5.34. The third-order valence-corrected chi connectivity index (χ3v) is 6.70. The van der Waals surface area contributed by atoms with E-state index in [-0.39, 0.29) is 10.8 Å². The number of nitrogens with zero attached hydrogens (tertiary/aromatic N) is 1. The Morgan fingerprint density at radius 1 is 1.07 bits per heavy atom. The first-order chi connectivity index (χ1) is 13.4. The fraction of sp³-hybridized carbons (Fsp3) is 0.286. The number of nitrogens with one attached hydrogen (secondary N) is 1. The van der Waals surface area contributed by atoms with Gasteiger partial charge in [-0.25, -0.2) is 8.42 Å². The maximum Gasteiger partial charge on any atom is 0.262 e. The molecule has 0 saturated heterocycles. The van der Waals surface area contributed by atoms with Crippen LogP contribution in [0.1, 0.15) is 31.2 Å². The summed E-state index contributed by atoms with van der Waals surface area (Å²) in [5, 5.41) is 0. The number of methoxy groups -OCH3 is 1. The smallest absolute Gasteiger partial charge is 0.262 e. The van der Waals surface area contributed by atoms with Gasteiger partial charge in [-0.3, -0.25) is 9.52 Å². The van der Waals surface area contributed by atoms with Crippen molar-refractivity contribution in [3.05, 3.63) is 53.6 Å². The van der Waals surface area contributed by atoms with Crippen LogP contribution >= 0.6 is 0 Å². The molecule has 0 atom stereocenters. The summed E-state index contributed by atoms with van der Waals surface area (Å²) >= 11 is 0. The molecule has 0 bridgehead atoms. The number of carbonyl (C=O) groups is 1. The van der Waals surface area contributed by atoms with Crippen molar-refractivity contribution in [3.63, 3.8) is 0 Å². The van der Waals surface area contributed by atoms with Crippen LogP contribution in [0.15, 0.2) is 52.9 Å². The van der Waals surface area contributed by atoms with Gasteiger partial charge in [0, 0.05) is 18.2 Å². The predicted octanol–water partition coefficient (Wildman–Crippen LogP) is 3.80. The van der Waals surface area contributed by atoms with Crippen LogP contribution in [0.2, 0.25) is 0 Å². The molecule has 1 heterocycles. The number of carbonyl (C=O) groups excluding carboxylic acids is 1. The maximum absolute atomic E-state index is 13.0. The average Bonchev–Trinajstić information content (AvgIpc) is 3.29. The van der Waals surface area contributed by atoms with E-state index in [0.717, 1.165) is 36.9 Å². The summed E-state index contributed by atoms with van der Waals surface area (Å²) in [6.45, 7) is 0. The summed E-state index contributed by atoms with van der Waals surface area (Å²) < 4.78 is 33.8. The van der Waals surface area contributed by atoms with E-state index in [4.69, 9.17) is 4.74 Å². The van der Waals surface area contributed by atoms with Crippen LogP contribution in [-0.2, 0) is 14.8 Å². The van der Waals surface area contributed by atoms with Gasteiger partial charge in [-0.05, 0) is 56.0 Å². The van der Waals surface area contributed by atoms with Crippen molar-refractivity contribution in [2.45, 2.75) is 30.6 Å². The van der Waals surface area contributed by atoms with Gasteiger partial charge in [-0.1, -0.05) is 17.7 Å². The van der Waals surface area contributed by atoms with Crippen LogP contribution < -0.4 is 14.4 Å². The molecule has 2 aromatic rings. The molecule has 1 amide bonds. The Bertz CT molecular complexity index is 1080. The number of benzene rings is 2. The lowest BCUT2D eigenvalue weighted by atomic mass is 10.00. The van der Waals surface area contributed by atoms with Crippen LogP contribution in [-0.4, -0.2) is 28.5 Å². The molecule has 2 aliphatic rings. The molecule has 4 rings (SSSR count). The number of amides is 1. The first-order valence-electron chi connectivity index (χ1n) is 9.22. The van der Waals surface area contributed by atoms with Gasteiger partial charge < -0.3 is 9.64 Å². The molecule has 1 saturated carbocycles. The van der Waals surface area contributed by atoms with Gasteiger partial charge >= 0.3 is 0 Å². The van der Waals surface area contributed by atoms with Gasteiger partial charge in [0.1, 0.15) is 5.75 Å². The van der Waals surface area contributed by atoms with E-state index in [1.807, 2.05) is 0 Å². The van der Waals surface area contributed by atoms with E-state index in [9.17, 15) is 13.2 Å². The van der Waals surface area contributed by atoms with E-state index in [1.54, 1.807) is 48.3 Å². The van der Waals surface area contributed by atoms with Crippen molar-refractivity contribution < 1.29 is 17.9 Å². The van der Waals surface area contributed by atoms with Crippen LogP contribution in [0.4, 0.5) is 11.4 Å². The second-order valence-electron chi connectivity index (χ2n) is 7.03. The summed E-state index contributed by atoms with van der Waals surface area (Å²) in [4.78, 5) is 14.5. The summed E-state index contributed by atoms with van der Waals surface area (Å²) in [6.07, 6.45) is 3.92. The zero-order valence-electron chi connectivity index (χ0n) is 15.9. The van der Waals surface area contributed by atoms with Crippen LogP contribution in [0, 0.1) is 0 Å². The molecule has 1 aliphatic carbocycles. The molecule has 6 nitrogen and oxygen atoms in total. The quantitative estimate of drug-likeness (QED) is 0.795. The molecule has 2 aromatic carbocycles. The van der Waals surface area contributed by atoms with Crippen molar-refractivity contribution in [2.24, 2.45) is 0 Å². The predicted molar refractivity (Wildman–Crippen MR) is 109 cm³/mol. The highest BCUT2D eigenvalue weighted by molar-refractivity contribution is 7.92. The lowest BCUT2D eigenvalue weighted by Gasteiger charge is -2.13. The maximum atomic E-state index is 13.0. The molecule has 1 fully saturated rings. The minimum atomic E-state index is -3.83. The number of para-hydroxylation sites is 2. The van der Waals surface area contributed by atoms with E-state index in [1.165, 1.54) is 13.2 Å². The Kier molecular flexibility index (Phi) is 4.63. The highest BCUT2D eigenvalue weighted by Gasteiger charge is 2.34. The number of fused-ring (bicyclic) bond motifs is 1. The Morgan fingerprint density at radius 2 is 1.79 bits per heavy atom. The van der Waals surface area contributed by atoms with Gasteiger partial charge in [0.2, 0.25) is 0 Å². The molecule has 0 aromatic heterocycles. The number of allylic oxidation sites excluding steroid dienone is 1. The Hall–Kier alpha value is -2.80. The van der Waals surface area contributed by atoms with Gasteiger partial charge in [0.25, 0.3) is 15.9 Å². The zero-order valence-corrected chi connectivity index (χ0v) is 16.7. The van der Waals surface area contributed by atoms with E-state index in [2.05, 4.69) is 4.72 Å². The topological polar surface area (TPSA) is 75.7 Å². The summed E-state index contributed by atoms with van der Waals surface area (Å²) in [5.41, 5.74) is 3.61. The highest BCUT2D eigenvalue weighted by atomic mass is 32.2. The molecule has 1 aliphatic heterocycles. The molecule has 146 valence electrons. The minimum absolute atomic E-state index is 0.0564. The molecule has 7 heteroatoms. The second kappa shape index (κ2) is 6.98. The van der Waals surface area contributed by atoms with Crippen LogP contribution in [0.5, 0.6) is 5.75 Å². The average molecular weight is 398 g/mol. The molecule has 0 spiro atoms. The summed E-state index contributed by atoms with van der Waals surface area (Å²) in [5.74, 6) is 0.384. The molecule has 28 heavy (non-hydrogen) atoms. The number of sulfonamides is 1.